The van der Waals surface area contributed by atoms with Crippen LogP contribution in [0.5, 0.6) is 5.75 Å². The Balaban J connectivity index is 2.59. The Morgan fingerprint density at radius 2 is 2.06 bits per heavy atom. The number of ether oxygens (including phenoxy) is 2. The molecular weight excluding hydrogens is 218 g/mol. The summed E-state index contributed by atoms with van der Waals surface area (Å²) in [7, 11) is 3.06. The van der Waals surface area contributed by atoms with Crippen molar-refractivity contribution >= 4 is 5.97 Å². The Kier molecular flexibility index (Phi) is 4.97. The van der Waals surface area contributed by atoms with Crippen molar-refractivity contribution in [2.75, 3.05) is 20.8 Å². The normalized spacial score (nSPS) is 12.0. The summed E-state index contributed by atoms with van der Waals surface area (Å²) in [5.41, 5.74) is 2.39. The molecule has 1 N–H and O–H groups in total. The van der Waals surface area contributed by atoms with Crippen LogP contribution in [0, 0.1) is 13.8 Å². The van der Waals surface area contributed by atoms with Crippen LogP contribution in [-0.2, 0) is 9.53 Å². The number of esters is 1. The quantitative estimate of drug-likeness (QED) is 0.787. The van der Waals surface area contributed by atoms with Crippen molar-refractivity contribution in [2.24, 2.45) is 0 Å². The maximum absolute atomic E-state index is 11.3. The molecule has 0 radical (unpaired) electrons. The van der Waals surface area contributed by atoms with Crippen LogP contribution in [0.2, 0.25) is 0 Å². The number of methoxy groups -OCH3 is 1. The van der Waals surface area contributed by atoms with Crippen LogP contribution < -0.4 is 10.1 Å². The smallest absolute Gasteiger partial charge is 0.326 e. The first kappa shape index (κ1) is 13.5. The zero-order valence-corrected chi connectivity index (χ0v) is 10.7. The number of hydrogen-bond donors (Lipinski definition) is 1. The highest BCUT2D eigenvalue weighted by atomic mass is 16.5. The monoisotopic (exact) mass is 237 g/mol. The van der Waals surface area contributed by atoms with E-state index in [2.05, 4.69) is 10.1 Å². The van der Waals surface area contributed by atoms with E-state index < -0.39 is 6.04 Å². The van der Waals surface area contributed by atoms with Gasteiger partial charge in [0.1, 0.15) is 18.4 Å². The molecule has 4 heteroatoms. The SMILES string of the molecule is CNC(COc1ccc(C)c(C)c1)C(=O)OC. The zero-order chi connectivity index (χ0) is 12.8. The molecule has 0 spiro atoms. The maximum Gasteiger partial charge on any atom is 0.326 e. The van der Waals surface area contributed by atoms with Gasteiger partial charge >= 0.3 is 5.97 Å². The first-order valence-corrected chi connectivity index (χ1v) is 5.53. The lowest BCUT2D eigenvalue weighted by atomic mass is 10.1. The fraction of sp³-hybridized carbons (Fsp3) is 0.462. The van der Waals surface area contributed by atoms with Gasteiger partial charge in [0, 0.05) is 0 Å². The van der Waals surface area contributed by atoms with Crippen molar-refractivity contribution in [1.29, 1.82) is 0 Å². The summed E-state index contributed by atoms with van der Waals surface area (Å²) in [5.74, 6) is 0.439. The van der Waals surface area contributed by atoms with E-state index in [1.165, 1.54) is 18.2 Å². The fourth-order valence-electron chi connectivity index (χ4n) is 1.39. The van der Waals surface area contributed by atoms with Crippen LogP contribution in [-0.4, -0.2) is 32.8 Å². The Morgan fingerprint density at radius 1 is 1.35 bits per heavy atom. The lowest BCUT2D eigenvalue weighted by Gasteiger charge is -2.15. The van der Waals surface area contributed by atoms with E-state index in [4.69, 9.17) is 4.74 Å². The van der Waals surface area contributed by atoms with Gasteiger partial charge in [0.2, 0.25) is 0 Å². The molecule has 0 heterocycles. The van der Waals surface area contributed by atoms with Crippen molar-refractivity contribution in [3.05, 3.63) is 29.3 Å². The predicted octanol–water partition coefficient (Wildman–Crippen LogP) is 1.44. The third kappa shape index (κ3) is 3.75. The molecule has 0 bridgehead atoms. The molecule has 94 valence electrons. The first-order chi connectivity index (χ1) is 8.08. The summed E-state index contributed by atoms with van der Waals surface area (Å²) < 4.78 is 10.2. The molecule has 1 rings (SSSR count). The van der Waals surface area contributed by atoms with Crippen LogP contribution in [0.4, 0.5) is 0 Å². The molecule has 0 saturated carbocycles. The number of rotatable bonds is 5. The van der Waals surface area contributed by atoms with Gasteiger partial charge in [-0.05, 0) is 44.2 Å². The molecule has 17 heavy (non-hydrogen) atoms. The minimum atomic E-state index is -0.443. The molecule has 0 aliphatic carbocycles. The van der Waals surface area contributed by atoms with Crippen LogP contribution >= 0.6 is 0 Å². The number of hydrogen-bond acceptors (Lipinski definition) is 4. The van der Waals surface area contributed by atoms with Gasteiger partial charge in [-0.2, -0.15) is 0 Å². The summed E-state index contributed by atoms with van der Waals surface area (Å²) in [6.45, 7) is 4.33. The van der Waals surface area contributed by atoms with Gasteiger partial charge in [-0.3, -0.25) is 4.79 Å². The molecule has 0 amide bonds. The lowest BCUT2D eigenvalue weighted by molar-refractivity contribution is -0.143. The lowest BCUT2D eigenvalue weighted by Crippen LogP contribution is -2.40. The zero-order valence-electron chi connectivity index (χ0n) is 10.7. The number of nitrogens with one attached hydrogen (secondary N) is 1. The second-order valence-corrected chi connectivity index (χ2v) is 3.92. The van der Waals surface area contributed by atoms with E-state index in [-0.39, 0.29) is 12.6 Å². The topological polar surface area (TPSA) is 47.6 Å². The van der Waals surface area contributed by atoms with E-state index in [0.717, 1.165) is 5.75 Å². The highest BCUT2D eigenvalue weighted by molar-refractivity contribution is 5.75. The van der Waals surface area contributed by atoms with Crippen molar-refractivity contribution < 1.29 is 14.3 Å². The van der Waals surface area contributed by atoms with E-state index in [0.29, 0.717) is 0 Å². The van der Waals surface area contributed by atoms with Crippen LogP contribution in [0.1, 0.15) is 11.1 Å². The highest BCUT2D eigenvalue weighted by Crippen LogP contribution is 2.16. The third-order valence-corrected chi connectivity index (χ3v) is 2.73. The molecule has 0 aromatic heterocycles. The molecule has 0 aliphatic heterocycles. The summed E-state index contributed by atoms with van der Waals surface area (Å²) in [4.78, 5) is 11.3. The van der Waals surface area contributed by atoms with Gasteiger partial charge in [-0.15, -0.1) is 0 Å². The summed E-state index contributed by atoms with van der Waals surface area (Å²) >= 11 is 0. The summed E-state index contributed by atoms with van der Waals surface area (Å²) in [6, 6.07) is 5.41. The second-order valence-electron chi connectivity index (χ2n) is 3.92. The third-order valence-electron chi connectivity index (χ3n) is 2.73. The van der Waals surface area contributed by atoms with Crippen molar-refractivity contribution in [1.82, 2.24) is 5.32 Å². The average Bonchev–Trinajstić information content (AvgIpc) is 2.33. The van der Waals surface area contributed by atoms with Gasteiger partial charge in [0.05, 0.1) is 7.11 Å². The molecule has 4 nitrogen and oxygen atoms in total. The highest BCUT2D eigenvalue weighted by Gasteiger charge is 2.17. The summed E-state index contributed by atoms with van der Waals surface area (Å²) in [6.07, 6.45) is 0. The van der Waals surface area contributed by atoms with E-state index in [1.807, 2.05) is 32.0 Å². The molecular formula is C13H19NO3. The Labute approximate surface area is 102 Å². The number of aryl methyl sites for hydroxylation is 2. The summed E-state index contributed by atoms with van der Waals surface area (Å²) in [5, 5.41) is 2.85. The Bertz CT molecular complexity index is 390. The van der Waals surface area contributed by atoms with Gasteiger partial charge in [0.15, 0.2) is 0 Å². The molecule has 1 atom stereocenters. The minimum absolute atomic E-state index is 0.256. The number of likely N-dealkylation sites (N-methyl/N-ethyl adjacent to an activating group) is 1. The average molecular weight is 237 g/mol. The van der Waals surface area contributed by atoms with Crippen LogP contribution in [0.25, 0.3) is 0 Å². The Hall–Kier alpha value is -1.55. The van der Waals surface area contributed by atoms with Gasteiger partial charge < -0.3 is 14.8 Å². The van der Waals surface area contributed by atoms with E-state index in [9.17, 15) is 4.79 Å². The van der Waals surface area contributed by atoms with Crippen molar-refractivity contribution in [3.63, 3.8) is 0 Å². The molecule has 0 fully saturated rings. The standard InChI is InChI=1S/C13H19NO3/c1-9-5-6-11(7-10(9)2)17-8-12(14-3)13(15)16-4/h5-7,12,14H,8H2,1-4H3. The largest absolute Gasteiger partial charge is 0.491 e. The molecule has 1 unspecified atom stereocenters. The van der Waals surface area contributed by atoms with Crippen LogP contribution in [0.3, 0.4) is 0 Å². The molecule has 0 aliphatic rings. The molecule has 0 saturated heterocycles. The minimum Gasteiger partial charge on any atom is -0.491 e. The Morgan fingerprint density at radius 3 is 2.59 bits per heavy atom. The molecule has 1 aromatic rings. The van der Waals surface area contributed by atoms with Crippen molar-refractivity contribution in [3.8, 4) is 5.75 Å². The predicted molar refractivity (Wildman–Crippen MR) is 66.3 cm³/mol. The van der Waals surface area contributed by atoms with Gasteiger partial charge in [0.25, 0.3) is 0 Å². The van der Waals surface area contributed by atoms with Gasteiger partial charge in [-0.1, -0.05) is 6.07 Å². The fourth-order valence-corrected chi connectivity index (χ4v) is 1.39. The molecule has 1 aromatic carbocycles. The van der Waals surface area contributed by atoms with Crippen molar-refractivity contribution in [2.45, 2.75) is 19.9 Å². The second kappa shape index (κ2) is 6.25. The van der Waals surface area contributed by atoms with Crippen LogP contribution in [0.15, 0.2) is 18.2 Å². The van der Waals surface area contributed by atoms with Gasteiger partial charge in [-0.25, -0.2) is 0 Å². The first-order valence-electron chi connectivity index (χ1n) is 5.53. The number of benzene rings is 1. The maximum atomic E-state index is 11.3. The van der Waals surface area contributed by atoms with E-state index >= 15 is 0 Å². The number of carbonyl (C=O) groups is 1. The number of carbonyl (C=O) groups excluding carboxylic acids is 1. The van der Waals surface area contributed by atoms with E-state index in [1.54, 1.807) is 7.05 Å².